The van der Waals surface area contributed by atoms with Crippen LogP contribution in [-0.4, -0.2) is 31.6 Å². The van der Waals surface area contributed by atoms with E-state index in [0.717, 1.165) is 12.5 Å². The minimum Gasteiger partial charge on any atom is -0.319 e. The van der Waals surface area contributed by atoms with Crippen LogP contribution in [0.25, 0.3) is 0 Å². The molecular formula is C14H24N2S. The predicted molar refractivity (Wildman–Crippen MR) is 75.7 cm³/mol. The zero-order chi connectivity index (χ0) is 12.3. The van der Waals surface area contributed by atoms with Crippen molar-refractivity contribution in [1.29, 1.82) is 0 Å². The van der Waals surface area contributed by atoms with Gasteiger partial charge in [0.1, 0.15) is 0 Å². The summed E-state index contributed by atoms with van der Waals surface area (Å²) in [6, 6.07) is 2.83. The molecule has 0 radical (unpaired) electrons. The van der Waals surface area contributed by atoms with Crippen LogP contribution in [0.15, 0.2) is 11.4 Å². The van der Waals surface area contributed by atoms with Crippen molar-refractivity contribution in [3.63, 3.8) is 0 Å². The molecule has 2 unspecified atom stereocenters. The average molecular weight is 252 g/mol. The molecule has 1 saturated heterocycles. The maximum atomic E-state index is 3.32. The van der Waals surface area contributed by atoms with Crippen LogP contribution in [-0.2, 0) is 0 Å². The Balaban J connectivity index is 1.99. The Morgan fingerprint density at radius 1 is 1.59 bits per heavy atom. The molecule has 17 heavy (non-hydrogen) atoms. The summed E-state index contributed by atoms with van der Waals surface area (Å²) in [6.45, 7) is 8.27. The van der Waals surface area contributed by atoms with E-state index in [2.05, 4.69) is 42.6 Å². The molecule has 0 bridgehead atoms. The fraction of sp³-hybridized carbons (Fsp3) is 0.714. The minimum atomic E-state index is 0.592. The monoisotopic (exact) mass is 252 g/mol. The van der Waals surface area contributed by atoms with Gasteiger partial charge >= 0.3 is 0 Å². The molecule has 1 N–H and O–H groups in total. The number of hydrogen-bond acceptors (Lipinski definition) is 3. The van der Waals surface area contributed by atoms with Gasteiger partial charge in [0.25, 0.3) is 0 Å². The second-order valence-corrected chi connectivity index (χ2v) is 6.15. The highest BCUT2D eigenvalue weighted by molar-refractivity contribution is 7.10. The van der Waals surface area contributed by atoms with Crippen molar-refractivity contribution < 1.29 is 0 Å². The Bertz CT molecular complexity index is 346. The van der Waals surface area contributed by atoms with E-state index in [1.54, 1.807) is 4.88 Å². The minimum absolute atomic E-state index is 0.592. The van der Waals surface area contributed by atoms with Gasteiger partial charge in [0, 0.05) is 17.5 Å². The molecule has 1 aromatic heterocycles. The van der Waals surface area contributed by atoms with E-state index in [9.17, 15) is 0 Å². The van der Waals surface area contributed by atoms with E-state index in [4.69, 9.17) is 0 Å². The highest BCUT2D eigenvalue weighted by Crippen LogP contribution is 2.31. The van der Waals surface area contributed by atoms with Gasteiger partial charge in [-0.3, -0.25) is 4.90 Å². The van der Waals surface area contributed by atoms with Gasteiger partial charge in [0.05, 0.1) is 0 Å². The Morgan fingerprint density at radius 2 is 2.41 bits per heavy atom. The lowest BCUT2D eigenvalue weighted by atomic mass is 9.96. The number of nitrogens with one attached hydrogen (secondary N) is 1. The SMILES string of the molecule is CNCC1CCCN(C(C)c2sccc2C)C1. The summed E-state index contributed by atoms with van der Waals surface area (Å²) in [4.78, 5) is 4.21. The molecular weight excluding hydrogens is 228 g/mol. The molecule has 1 fully saturated rings. The second kappa shape index (κ2) is 5.98. The van der Waals surface area contributed by atoms with Gasteiger partial charge in [-0.15, -0.1) is 11.3 Å². The molecule has 0 aromatic carbocycles. The van der Waals surface area contributed by atoms with Crippen molar-refractivity contribution >= 4 is 11.3 Å². The van der Waals surface area contributed by atoms with Gasteiger partial charge in [-0.25, -0.2) is 0 Å². The summed E-state index contributed by atoms with van der Waals surface area (Å²) in [5, 5.41) is 5.54. The fourth-order valence-corrected chi connectivity index (χ4v) is 3.90. The van der Waals surface area contributed by atoms with E-state index in [1.165, 1.54) is 31.5 Å². The Kier molecular flexibility index (Phi) is 4.60. The molecule has 96 valence electrons. The van der Waals surface area contributed by atoms with Crippen molar-refractivity contribution in [2.24, 2.45) is 5.92 Å². The summed E-state index contributed by atoms with van der Waals surface area (Å²) in [5.41, 5.74) is 1.46. The Labute approximate surface area is 109 Å². The molecule has 0 saturated carbocycles. The first-order valence-electron chi connectivity index (χ1n) is 6.65. The van der Waals surface area contributed by atoms with Gasteiger partial charge in [0.15, 0.2) is 0 Å². The smallest absolute Gasteiger partial charge is 0.0416 e. The number of likely N-dealkylation sites (tertiary alicyclic amines) is 1. The summed E-state index contributed by atoms with van der Waals surface area (Å²) < 4.78 is 0. The normalized spacial score (nSPS) is 23.8. The Morgan fingerprint density at radius 3 is 3.06 bits per heavy atom. The van der Waals surface area contributed by atoms with Crippen molar-refractivity contribution in [2.45, 2.75) is 32.7 Å². The van der Waals surface area contributed by atoms with Gasteiger partial charge in [-0.1, -0.05) is 0 Å². The number of hydrogen-bond donors (Lipinski definition) is 1. The van der Waals surface area contributed by atoms with E-state index < -0.39 is 0 Å². The van der Waals surface area contributed by atoms with Gasteiger partial charge < -0.3 is 5.32 Å². The van der Waals surface area contributed by atoms with E-state index in [1.807, 2.05) is 11.3 Å². The molecule has 2 nitrogen and oxygen atoms in total. The van der Waals surface area contributed by atoms with Crippen LogP contribution in [0.3, 0.4) is 0 Å². The third-order valence-electron chi connectivity index (χ3n) is 3.87. The molecule has 1 aliphatic heterocycles. The maximum Gasteiger partial charge on any atom is 0.0416 e. The molecule has 2 heterocycles. The van der Waals surface area contributed by atoms with Crippen molar-refractivity contribution in [3.8, 4) is 0 Å². The van der Waals surface area contributed by atoms with Crippen molar-refractivity contribution in [1.82, 2.24) is 10.2 Å². The van der Waals surface area contributed by atoms with Gasteiger partial charge in [-0.05, 0) is 69.8 Å². The molecule has 1 aromatic rings. The van der Waals surface area contributed by atoms with E-state index in [-0.39, 0.29) is 0 Å². The second-order valence-electron chi connectivity index (χ2n) is 5.20. The quantitative estimate of drug-likeness (QED) is 0.886. The summed E-state index contributed by atoms with van der Waals surface area (Å²) in [5.74, 6) is 0.830. The van der Waals surface area contributed by atoms with E-state index >= 15 is 0 Å². The largest absolute Gasteiger partial charge is 0.319 e. The molecule has 2 rings (SSSR count). The molecule has 2 atom stereocenters. The van der Waals surface area contributed by atoms with Crippen LogP contribution < -0.4 is 5.32 Å². The highest BCUT2D eigenvalue weighted by atomic mass is 32.1. The summed E-state index contributed by atoms with van der Waals surface area (Å²) in [7, 11) is 2.06. The maximum absolute atomic E-state index is 3.32. The number of thiophene rings is 1. The summed E-state index contributed by atoms with van der Waals surface area (Å²) >= 11 is 1.91. The first-order valence-corrected chi connectivity index (χ1v) is 7.53. The van der Waals surface area contributed by atoms with Gasteiger partial charge in [0.2, 0.25) is 0 Å². The zero-order valence-corrected chi connectivity index (χ0v) is 12.0. The van der Waals surface area contributed by atoms with E-state index in [0.29, 0.717) is 6.04 Å². The molecule has 3 heteroatoms. The third kappa shape index (κ3) is 3.09. The first-order chi connectivity index (χ1) is 8.22. The lowest BCUT2D eigenvalue weighted by Crippen LogP contribution is -2.40. The average Bonchev–Trinajstić information content (AvgIpc) is 2.75. The number of piperidine rings is 1. The molecule has 0 aliphatic carbocycles. The van der Waals surface area contributed by atoms with Crippen LogP contribution in [0.5, 0.6) is 0 Å². The molecule has 1 aliphatic rings. The number of aryl methyl sites for hydroxylation is 1. The summed E-state index contributed by atoms with van der Waals surface area (Å²) in [6.07, 6.45) is 2.73. The van der Waals surface area contributed by atoms with Crippen LogP contribution in [0.4, 0.5) is 0 Å². The molecule has 0 amide bonds. The van der Waals surface area contributed by atoms with Gasteiger partial charge in [-0.2, -0.15) is 0 Å². The third-order valence-corrected chi connectivity index (χ3v) is 5.06. The first kappa shape index (κ1) is 13.1. The van der Waals surface area contributed by atoms with Crippen LogP contribution >= 0.6 is 11.3 Å². The Hall–Kier alpha value is -0.380. The van der Waals surface area contributed by atoms with Crippen LogP contribution in [0.1, 0.15) is 36.2 Å². The number of rotatable bonds is 4. The lowest BCUT2D eigenvalue weighted by Gasteiger charge is -2.36. The van der Waals surface area contributed by atoms with Crippen LogP contribution in [0.2, 0.25) is 0 Å². The van der Waals surface area contributed by atoms with Crippen molar-refractivity contribution in [2.75, 3.05) is 26.7 Å². The topological polar surface area (TPSA) is 15.3 Å². The highest BCUT2D eigenvalue weighted by Gasteiger charge is 2.25. The van der Waals surface area contributed by atoms with Crippen molar-refractivity contribution in [3.05, 3.63) is 21.9 Å². The molecule has 0 spiro atoms. The lowest BCUT2D eigenvalue weighted by molar-refractivity contribution is 0.133. The fourth-order valence-electron chi connectivity index (χ4n) is 2.88. The predicted octanol–water partition coefficient (Wildman–Crippen LogP) is 3.05. The zero-order valence-electron chi connectivity index (χ0n) is 11.2. The number of nitrogens with zero attached hydrogens (tertiary/aromatic N) is 1. The standard InChI is InChI=1S/C14H24N2S/c1-11-6-8-17-14(11)12(2)16-7-4-5-13(10-16)9-15-3/h6,8,12-13,15H,4-5,7,9-10H2,1-3H3. The van der Waals surface area contributed by atoms with Crippen LogP contribution in [0, 0.1) is 12.8 Å².